The highest BCUT2D eigenvalue weighted by molar-refractivity contribution is 7.09. The molecule has 3 aromatic rings. The van der Waals surface area contributed by atoms with E-state index in [-0.39, 0.29) is 0 Å². The highest BCUT2D eigenvalue weighted by Crippen LogP contribution is 2.16. The third kappa shape index (κ3) is 2.97. The van der Waals surface area contributed by atoms with Crippen molar-refractivity contribution in [2.45, 2.75) is 13.0 Å². The molecule has 0 unspecified atom stereocenters. The molecule has 0 saturated carbocycles. The van der Waals surface area contributed by atoms with Gasteiger partial charge in [-0.15, -0.1) is 11.3 Å². The fourth-order valence-electron chi connectivity index (χ4n) is 2.13. The molecule has 3 nitrogen and oxygen atoms in total. The highest BCUT2D eigenvalue weighted by atomic mass is 32.1. The first kappa shape index (κ1) is 12.3. The fraction of sp³-hybridized carbons (Fsp3) is 0.200. The Morgan fingerprint density at radius 3 is 3.00 bits per heavy atom. The predicted molar refractivity (Wildman–Crippen MR) is 79.3 cm³/mol. The second kappa shape index (κ2) is 5.91. The molecule has 1 N–H and O–H groups in total. The molecule has 0 radical (unpaired) electrons. The fourth-order valence-corrected chi connectivity index (χ4v) is 2.70. The molecule has 96 valence electrons. The Bertz CT molecular complexity index is 644. The third-order valence-electron chi connectivity index (χ3n) is 3.07. The molecule has 19 heavy (non-hydrogen) atoms. The molecule has 0 aliphatic carbocycles. The van der Waals surface area contributed by atoms with Crippen molar-refractivity contribution >= 4 is 22.2 Å². The quantitative estimate of drug-likeness (QED) is 0.723. The second-order valence-electron chi connectivity index (χ2n) is 4.39. The molecule has 0 amide bonds. The number of hydrogen-bond acceptors (Lipinski definition) is 4. The van der Waals surface area contributed by atoms with Gasteiger partial charge in [-0.25, -0.2) is 0 Å². The minimum Gasteiger partial charge on any atom is -0.311 e. The van der Waals surface area contributed by atoms with Crippen LogP contribution in [0, 0.1) is 0 Å². The van der Waals surface area contributed by atoms with Gasteiger partial charge in [0.05, 0.1) is 11.0 Å². The Balaban J connectivity index is 1.62. The number of pyridine rings is 1. The molecule has 4 heteroatoms. The van der Waals surface area contributed by atoms with Crippen LogP contribution in [0.15, 0.2) is 48.2 Å². The van der Waals surface area contributed by atoms with Gasteiger partial charge in [0.1, 0.15) is 0 Å². The molecule has 2 aromatic heterocycles. The maximum atomic E-state index is 4.47. The summed E-state index contributed by atoms with van der Waals surface area (Å²) in [4.78, 5) is 9.82. The number of benzene rings is 1. The lowest BCUT2D eigenvalue weighted by Crippen LogP contribution is -2.16. The van der Waals surface area contributed by atoms with Gasteiger partial charge in [-0.1, -0.05) is 24.3 Å². The van der Waals surface area contributed by atoms with Gasteiger partial charge in [0, 0.05) is 29.2 Å². The van der Waals surface area contributed by atoms with Gasteiger partial charge in [-0.05, 0) is 24.6 Å². The molecular formula is C15H15N3S. The van der Waals surface area contributed by atoms with Crippen LogP contribution in [0.5, 0.6) is 0 Å². The van der Waals surface area contributed by atoms with E-state index in [0.717, 1.165) is 25.0 Å². The lowest BCUT2D eigenvalue weighted by Gasteiger charge is -2.06. The summed E-state index contributed by atoms with van der Waals surface area (Å²) in [5, 5.41) is 4.65. The zero-order valence-corrected chi connectivity index (χ0v) is 11.4. The molecule has 0 fully saturated rings. The Hall–Kier alpha value is -1.78. The normalized spacial score (nSPS) is 10.9. The number of para-hydroxylation sites is 1. The van der Waals surface area contributed by atoms with Gasteiger partial charge in [-0.2, -0.15) is 0 Å². The van der Waals surface area contributed by atoms with Crippen LogP contribution in [-0.2, 0) is 13.0 Å². The van der Waals surface area contributed by atoms with Crippen LogP contribution in [0.25, 0.3) is 10.9 Å². The van der Waals surface area contributed by atoms with Gasteiger partial charge in [0.25, 0.3) is 0 Å². The van der Waals surface area contributed by atoms with Crippen molar-refractivity contribution in [2.75, 3.05) is 6.54 Å². The average molecular weight is 269 g/mol. The third-order valence-corrected chi connectivity index (χ3v) is 3.85. The van der Waals surface area contributed by atoms with Crippen molar-refractivity contribution < 1.29 is 0 Å². The molecule has 0 aliphatic rings. The van der Waals surface area contributed by atoms with Crippen molar-refractivity contribution in [1.29, 1.82) is 0 Å². The van der Waals surface area contributed by atoms with Crippen molar-refractivity contribution in [3.8, 4) is 0 Å². The van der Waals surface area contributed by atoms with Crippen LogP contribution in [0.4, 0.5) is 0 Å². The van der Waals surface area contributed by atoms with Gasteiger partial charge >= 0.3 is 0 Å². The standard InChI is InChI=1S/C15H15N3S/c1-3-12-5-2-7-18-15(12)13(4-1)6-8-16-9-14-10-17-11-19-14/h1-5,7,10-11,16H,6,8-9H2. The number of hydrogen-bond donors (Lipinski definition) is 1. The first-order chi connectivity index (χ1) is 9.43. The summed E-state index contributed by atoms with van der Waals surface area (Å²) in [6, 6.07) is 10.5. The van der Waals surface area contributed by atoms with E-state index in [1.54, 1.807) is 11.3 Å². The largest absolute Gasteiger partial charge is 0.311 e. The summed E-state index contributed by atoms with van der Waals surface area (Å²) >= 11 is 1.69. The minimum absolute atomic E-state index is 0.892. The molecule has 0 atom stereocenters. The van der Waals surface area contributed by atoms with Crippen LogP contribution in [0.1, 0.15) is 10.4 Å². The molecule has 2 heterocycles. The molecule has 0 saturated heterocycles. The number of nitrogens with one attached hydrogen (secondary N) is 1. The van der Waals surface area contributed by atoms with Crippen molar-refractivity contribution in [3.63, 3.8) is 0 Å². The first-order valence-electron chi connectivity index (χ1n) is 6.34. The van der Waals surface area contributed by atoms with Crippen LogP contribution < -0.4 is 5.32 Å². The topological polar surface area (TPSA) is 37.8 Å². The summed E-state index contributed by atoms with van der Waals surface area (Å²) < 4.78 is 0. The van der Waals surface area contributed by atoms with Gasteiger partial charge < -0.3 is 5.32 Å². The van der Waals surface area contributed by atoms with E-state index < -0.39 is 0 Å². The highest BCUT2D eigenvalue weighted by Gasteiger charge is 2.01. The zero-order valence-electron chi connectivity index (χ0n) is 10.5. The van der Waals surface area contributed by atoms with Crippen LogP contribution in [0.3, 0.4) is 0 Å². The number of fused-ring (bicyclic) bond motifs is 1. The zero-order chi connectivity index (χ0) is 12.9. The van der Waals surface area contributed by atoms with Crippen LogP contribution in [-0.4, -0.2) is 16.5 Å². The average Bonchev–Trinajstić information content (AvgIpc) is 2.97. The smallest absolute Gasteiger partial charge is 0.0794 e. The van der Waals surface area contributed by atoms with E-state index in [0.29, 0.717) is 0 Å². The number of aromatic nitrogens is 2. The molecule has 0 aliphatic heterocycles. The summed E-state index contributed by atoms with van der Waals surface area (Å²) in [5.74, 6) is 0. The van der Waals surface area contributed by atoms with E-state index in [2.05, 4.69) is 39.6 Å². The van der Waals surface area contributed by atoms with Crippen molar-refractivity contribution in [1.82, 2.24) is 15.3 Å². The van der Waals surface area contributed by atoms with Gasteiger partial charge in [-0.3, -0.25) is 9.97 Å². The van der Waals surface area contributed by atoms with Crippen LogP contribution in [0.2, 0.25) is 0 Å². The number of nitrogens with zero attached hydrogens (tertiary/aromatic N) is 2. The van der Waals surface area contributed by atoms with Crippen molar-refractivity contribution in [3.05, 3.63) is 58.7 Å². The van der Waals surface area contributed by atoms with Gasteiger partial charge in [0.2, 0.25) is 0 Å². The lowest BCUT2D eigenvalue weighted by atomic mass is 10.1. The maximum absolute atomic E-state index is 4.47. The van der Waals surface area contributed by atoms with E-state index >= 15 is 0 Å². The Kier molecular flexibility index (Phi) is 3.81. The summed E-state index contributed by atoms with van der Waals surface area (Å²) in [5.41, 5.74) is 4.28. The first-order valence-corrected chi connectivity index (χ1v) is 7.22. The van der Waals surface area contributed by atoms with Crippen molar-refractivity contribution in [2.24, 2.45) is 0 Å². The Morgan fingerprint density at radius 1 is 1.16 bits per heavy atom. The maximum Gasteiger partial charge on any atom is 0.0794 e. The van der Waals surface area contributed by atoms with Gasteiger partial charge in [0.15, 0.2) is 0 Å². The van der Waals surface area contributed by atoms with E-state index in [9.17, 15) is 0 Å². The molecular weight excluding hydrogens is 254 g/mol. The Morgan fingerprint density at radius 2 is 2.11 bits per heavy atom. The summed E-state index contributed by atoms with van der Waals surface area (Å²) in [7, 11) is 0. The second-order valence-corrected chi connectivity index (χ2v) is 5.36. The molecule has 3 rings (SSSR count). The minimum atomic E-state index is 0.892. The molecule has 1 aromatic carbocycles. The Labute approximate surface area is 116 Å². The lowest BCUT2D eigenvalue weighted by molar-refractivity contribution is 0.694. The summed E-state index contributed by atoms with van der Waals surface area (Å²) in [6.07, 6.45) is 4.76. The predicted octanol–water partition coefficient (Wildman–Crippen LogP) is 3.02. The molecule has 0 spiro atoms. The monoisotopic (exact) mass is 269 g/mol. The van der Waals surface area contributed by atoms with E-state index in [1.165, 1.54) is 15.8 Å². The van der Waals surface area contributed by atoms with Crippen LogP contribution >= 0.6 is 11.3 Å². The SMILES string of the molecule is c1cnc2c(CCNCc3cncs3)cccc2c1. The van der Waals surface area contributed by atoms with E-state index in [4.69, 9.17) is 0 Å². The van der Waals surface area contributed by atoms with E-state index in [1.807, 2.05) is 24.0 Å². The number of rotatable bonds is 5. The summed E-state index contributed by atoms with van der Waals surface area (Å²) in [6.45, 7) is 1.84. The number of thiazole rings is 1. The molecule has 0 bridgehead atoms.